The van der Waals surface area contributed by atoms with Crippen LogP contribution in [0.15, 0.2) is 59.8 Å². The zero-order valence-electron chi connectivity index (χ0n) is 17.4. The van der Waals surface area contributed by atoms with Crippen LogP contribution in [0.5, 0.6) is 5.75 Å². The van der Waals surface area contributed by atoms with E-state index >= 15 is 0 Å². The van der Waals surface area contributed by atoms with E-state index in [2.05, 4.69) is 20.5 Å². The highest BCUT2D eigenvalue weighted by Crippen LogP contribution is 2.25. The Morgan fingerprint density at radius 2 is 1.71 bits per heavy atom. The average Bonchev–Trinajstić information content (AvgIpc) is 2.80. The van der Waals surface area contributed by atoms with E-state index in [-0.39, 0.29) is 4.90 Å². The first-order valence-corrected chi connectivity index (χ1v) is 11.3. The third kappa shape index (κ3) is 4.59. The Kier molecular flexibility index (Phi) is 6.01. The van der Waals surface area contributed by atoms with Gasteiger partial charge in [-0.15, -0.1) is 10.2 Å². The van der Waals surface area contributed by atoms with Crippen LogP contribution in [0.1, 0.15) is 5.56 Å². The maximum absolute atomic E-state index is 13.0. The van der Waals surface area contributed by atoms with Gasteiger partial charge in [0.1, 0.15) is 5.75 Å². The maximum atomic E-state index is 13.0. The number of ether oxygens (including phenoxy) is 1. The first kappa shape index (κ1) is 21.0. The number of benzene rings is 1. The van der Waals surface area contributed by atoms with Crippen LogP contribution in [-0.2, 0) is 10.0 Å². The molecule has 0 unspecified atom stereocenters. The third-order valence-electron chi connectivity index (χ3n) is 5.17. The van der Waals surface area contributed by atoms with Crippen molar-refractivity contribution in [1.82, 2.24) is 19.5 Å². The summed E-state index contributed by atoms with van der Waals surface area (Å²) in [5.74, 6) is 2.02. The summed E-state index contributed by atoms with van der Waals surface area (Å²) in [4.78, 5) is 6.30. The van der Waals surface area contributed by atoms with Gasteiger partial charge in [-0.05, 0) is 55.0 Å². The molecule has 0 saturated carbocycles. The van der Waals surface area contributed by atoms with Crippen molar-refractivity contribution in [2.24, 2.45) is 0 Å². The van der Waals surface area contributed by atoms with E-state index in [1.54, 1.807) is 37.7 Å². The van der Waals surface area contributed by atoms with E-state index in [1.807, 2.05) is 36.1 Å². The summed E-state index contributed by atoms with van der Waals surface area (Å²) >= 11 is 0. The fourth-order valence-corrected chi connectivity index (χ4v) is 4.97. The van der Waals surface area contributed by atoms with Gasteiger partial charge in [-0.2, -0.15) is 4.31 Å². The van der Waals surface area contributed by atoms with Crippen LogP contribution in [-0.4, -0.2) is 61.2 Å². The fourth-order valence-electron chi connectivity index (χ4n) is 3.46. The SMILES string of the molecule is COc1ccc(S(=O)(=O)N2CCN(c3ccc(Nc4ccncc4)nn3)CC2)cc1C. The average molecular weight is 441 g/mol. The second-order valence-corrected chi connectivity index (χ2v) is 9.10. The topological polar surface area (TPSA) is 101 Å². The van der Waals surface area contributed by atoms with Crippen molar-refractivity contribution in [2.45, 2.75) is 11.8 Å². The number of methoxy groups -OCH3 is 1. The molecule has 9 nitrogen and oxygen atoms in total. The predicted molar refractivity (Wildman–Crippen MR) is 118 cm³/mol. The van der Waals surface area contributed by atoms with Gasteiger partial charge in [0.2, 0.25) is 10.0 Å². The molecule has 162 valence electrons. The van der Waals surface area contributed by atoms with E-state index in [9.17, 15) is 8.42 Å². The van der Waals surface area contributed by atoms with Gasteiger partial charge in [-0.25, -0.2) is 8.42 Å². The number of aryl methyl sites for hydroxylation is 1. The molecule has 1 aliphatic rings. The lowest BCUT2D eigenvalue weighted by Gasteiger charge is -2.34. The maximum Gasteiger partial charge on any atom is 0.243 e. The smallest absolute Gasteiger partial charge is 0.243 e. The van der Waals surface area contributed by atoms with Crippen LogP contribution in [0, 0.1) is 6.92 Å². The number of sulfonamides is 1. The zero-order valence-corrected chi connectivity index (χ0v) is 18.2. The standard InChI is InChI=1S/C21H24N6O3S/c1-16-15-18(3-4-19(16)30-2)31(28,29)27-13-11-26(12-14-27)21-6-5-20(24-25-21)23-17-7-9-22-10-8-17/h3-10,15H,11-14H2,1-2H3,(H,22,23,24). The molecule has 3 heterocycles. The summed E-state index contributed by atoms with van der Waals surface area (Å²) in [6.45, 7) is 3.68. The summed E-state index contributed by atoms with van der Waals surface area (Å²) < 4.78 is 32.8. The minimum atomic E-state index is -3.56. The lowest BCUT2D eigenvalue weighted by Crippen LogP contribution is -2.49. The molecule has 1 aliphatic heterocycles. The molecule has 1 N–H and O–H groups in total. The first-order valence-electron chi connectivity index (χ1n) is 9.88. The van der Waals surface area contributed by atoms with Crippen molar-refractivity contribution in [3.05, 3.63) is 60.4 Å². The highest BCUT2D eigenvalue weighted by molar-refractivity contribution is 7.89. The molecule has 1 saturated heterocycles. The van der Waals surface area contributed by atoms with Crippen molar-refractivity contribution in [3.8, 4) is 5.75 Å². The fraction of sp³-hybridized carbons (Fsp3) is 0.286. The number of hydrogen-bond acceptors (Lipinski definition) is 8. The summed E-state index contributed by atoms with van der Waals surface area (Å²) in [6.07, 6.45) is 3.40. The van der Waals surface area contributed by atoms with Crippen LogP contribution >= 0.6 is 0 Å². The second-order valence-electron chi connectivity index (χ2n) is 7.16. The van der Waals surface area contributed by atoms with Crippen LogP contribution in [0.4, 0.5) is 17.3 Å². The predicted octanol–water partition coefficient (Wildman–Crippen LogP) is 2.44. The highest BCUT2D eigenvalue weighted by atomic mass is 32.2. The van der Waals surface area contributed by atoms with Crippen LogP contribution < -0.4 is 15.0 Å². The molecular formula is C21H24N6O3S. The Hall–Kier alpha value is -3.24. The molecule has 3 aromatic rings. The summed E-state index contributed by atoms with van der Waals surface area (Å²) in [6, 6.07) is 12.4. The van der Waals surface area contributed by atoms with Crippen molar-refractivity contribution >= 4 is 27.3 Å². The highest BCUT2D eigenvalue weighted by Gasteiger charge is 2.29. The second kappa shape index (κ2) is 8.86. The largest absolute Gasteiger partial charge is 0.496 e. The van der Waals surface area contributed by atoms with Gasteiger partial charge in [-0.1, -0.05) is 0 Å². The summed E-state index contributed by atoms with van der Waals surface area (Å²) in [5, 5.41) is 11.7. The van der Waals surface area contributed by atoms with E-state index in [0.29, 0.717) is 37.7 Å². The molecule has 2 aromatic heterocycles. The molecule has 1 aromatic carbocycles. The summed E-state index contributed by atoms with van der Waals surface area (Å²) in [7, 11) is -1.99. The minimum absolute atomic E-state index is 0.283. The Balaban J connectivity index is 1.39. The van der Waals surface area contributed by atoms with E-state index < -0.39 is 10.0 Å². The van der Waals surface area contributed by atoms with Crippen LogP contribution in [0.3, 0.4) is 0 Å². The lowest BCUT2D eigenvalue weighted by molar-refractivity contribution is 0.383. The van der Waals surface area contributed by atoms with Gasteiger partial charge < -0.3 is 15.0 Å². The van der Waals surface area contributed by atoms with Gasteiger partial charge in [0, 0.05) is 44.3 Å². The number of aromatic nitrogens is 3. The van der Waals surface area contributed by atoms with Crippen LogP contribution in [0.2, 0.25) is 0 Å². The molecule has 0 bridgehead atoms. The Labute approximate surface area is 181 Å². The molecule has 4 rings (SSSR count). The van der Waals surface area contributed by atoms with Crippen molar-refractivity contribution in [2.75, 3.05) is 43.5 Å². The minimum Gasteiger partial charge on any atom is -0.496 e. The number of hydrogen-bond donors (Lipinski definition) is 1. The quantitative estimate of drug-likeness (QED) is 0.624. The van der Waals surface area contributed by atoms with Crippen molar-refractivity contribution < 1.29 is 13.2 Å². The number of nitrogens with zero attached hydrogens (tertiary/aromatic N) is 5. The molecule has 0 spiro atoms. The van der Waals surface area contributed by atoms with Gasteiger partial charge in [0.15, 0.2) is 11.6 Å². The molecule has 0 amide bonds. The van der Waals surface area contributed by atoms with Gasteiger partial charge in [0.25, 0.3) is 0 Å². The van der Waals surface area contributed by atoms with E-state index in [4.69, 9.17) is 4.74 Å². The first-order chi connectivity index (χ1) is 15.0. The van der Waals surface area contributed by atoms with Crippen molar-refractivity contribution in [1.29, 1.82) is 0 Å². The normalized spacial score (nSPS) is 15.0. The molecule has 0 atom stereocenters. The molecular weight excluding hydrogens is 416 g/mol. The van der Waals surface area contributed by atoms with Gasteiger partial charge in [-0.3, -0.25) is 4.98 Å². The van der Waals surface area contributed by atoms with Gasteiger partial charge >= 0.3 is 0 Å². The number of pyridine rings is 1. The van der Waals surface area contributed by atoms with E-state index in [1.165, 1.54) is 4.31 Å². The monoisotopic (exact) mass is 440 g/mol. The zero-order chi connectivity index (χ0) is 21.8. The third-order valence-corrected chi connectivity index (χ3v) is 7.06. The Morgan fingerprint density at radius 1 is 0.968 bits per heavy atom. The Bertz CT molecular complexity index is 1130. The Morgan fingerprint density at radius 3 is 2.32 bits per heavy atom. The summed E-state index contributed by atoms with van der Waals surface area (Å²) in [5.41, 5.74) is 1.67. The molecule has 31 heavy (non-hydrogen) atoms. The molecule has 10 heteroatoms. The number of nitrogens with one attached hydrogen (secondary N) is 1. The van der Waals surface area contributed by atoms with Gasteiger partial charge in [0.05, 0.1) is 12.0 Å². The molecule has 1 fully saturated rings. The number of rotatable bonds is 6. The molecule has 0 radical (unpaired) electrons. The number of anilines is 3. The molecule has 0 aliphatic carbocycles. The van der Waals surface area contributed by atoms with E-state index in [0.717, 1.165) is 17.1 Å². The van der Waals surface area contributed by atoms with Crippen molar-refractivity contribution in [3.63, 3.8) is 0 Å². The number of piperazine rings is 1. The van der Waals surface area contributed by atoms with Crippen LogP contribution in [0.25, 0.3) is 0 Å². The lowest BCUT2D eigenvalue weighted by atomic mass is 10.2.